The van der Waals surface area contributed by atoms with Crippen LogP contribution in [0, 0.1) is 6.92 Å². The first-order valence-corrected chi connectivity index (χ1v) is 7.46. The fraction of sp³-hybridized carbons (Fsp3) is 0.533. The lowest BCUT2D eigenvalue weighted by atomic mass is 10.1. The molecule has 0 radical (unpaired) electrons. The van der Waals surface area contributed by atoms with Gasteiger partial charge >= 0.3 is 0 Å². The Bertz CT molecular complexity index is 425. The van der Waals surface area contributed by atoms with E-state index in [1.54, 1.807) is 0 Å². The fourth-order valence-electron chi connectivity index (χ4n) is 2.41. The van der Waals surface area contributed by atoms with Crippen LogP contribution in [-0.2, 0) is 0 Å². The van der Waals surface area contributed by atoms with E-state index in [-0.39, 0.29) is 0 Å². The predicted octanol–water partition coefficient (Wildman–Crippen LogP) is 2.40. The summed E-state index contributed by atoms with van der Waals surface area (Å²) in [7, 11) is 0. The molecule has 0 unspecified atom stereocenters. The molecule has 104 valence electrons. The van der Waals surface area contributed by atoms with Crippen LogP contribution >= 0.6 is 12.2 Å². The van der Waals surface area contributed by atoms with Crippen LogP contribution in [-0.4, -0.2) is 42.7 Å². The van der Waals surface area contributed by atoms with Crippen LogP contribution in [0.4, 0.5) is 5.69 Å². The van der Waals surface area contributed by atoms with Crippen molar-refractivity contribution in [3.8, 4) is 0 Å². The maximum absolute atomic E-state index is 5.42. The van der Waals surface area contributed by atoms with Crippen molar-refractivity contribution in [2.75, 3.05) is 37.6 Å². The number of piperazine rings is 1. The van der Waals surface area contributed by atoms with Gasteiger partial charge in [0.15, 0.2) is 5.11 Å². The highest BCUT2D eigenvalue weighted by molar-refractivity contribution is 7.80. The summed E-state index contributed by atoms with van der Waals surface area (Å²) < 4.78 is 0. The zero-order valence-electron chi connectivity index (χ0n) is 11.9. The van der Waals surface area contributed by atoms with E-state index in [0.717, 1.165) is 44.3 Å². The van der Waals surface area contributed by atoms with Gasteiger partial charge in [-0.1, -0.05) is 25.1 Å². The van der Waals surface area contributed by atoms with Crippen LogP contribution < -0.4 is 10.2 Å². The van der Waals surface area contributed by atoms with Gasteiger partial charge < -0.3 is 15.1 Å². The average molecular weight is 277 g/mol. The molecule has 0 aromatic heterocycles. The van der Waals surface area contributed by atoms with Crippen LogP contribution in [0.2, 0.25) is 0 Å². The molecule has 19 heavy (non-hydrogen) atoms. The summed E-state index contributed by atoms with van der Waals surface area (Å²) in [4.78, 5) is 4.73. The summed E-state index contributed by atoms with van der Waals surface area (Å²) in [6.45, 7) is 9.39. The third-order valence-corrected chi connectivity index (χ3v) is 3.95. The Kier molecular flexibility index (Phi) is 5.02. The van der Waals surface area contributed by atoms with Crippen LogP contribution in [0.1, 0.15) is 18.9 Å². The van der Waals surface area contributed by atoms with E-state index in [9.17, 15) is 0 Å². The number of nitrogens with zero attached hydrogens (tertiary/aromatic N) is 2. The monoisotopic (exact) mass is 277 g/mol. The van der Waals surface area contributed by atoms with Crippen LogP contribution in [0.3, 0.4) is 0 Å². The Morgan fingerprint density at radius 3 is 2.53 bits per heavy atom. The van der Waals surface area contributed by atoms with Crippen molar-refractivity contribution in [2.45, 2.75) is 20.3 Å². The zero-order chi connectivity index (χ0) is 13.7. The van der Waals surface area contributed by atoms with Gasteiger partial charge in [-0.3, -0.25) is 0 Å². The van der Waals surface area contributed by atoms with Crippen molar-refractivity contribution >= 4 is 23.0 Å². The summed E-state index contributed by atoms with van der Waals surface area (Å²) in [5, 5.41) is 4.22. The van der Waals surface area contributed by atoms with Gasteiger partial charge in [0.25, 0.3) is 0 Å². The Labute approximate surface area is 121 Å². The molecule has 1 aliphatic rings. The largest absolute Gasteiger partial charge is 0.368 e. The average Bonchev–Trinajstić information content (AvgIpc) is 2.45. The highest BCUT2D eigenvalue weighted by Gasteiger charge is 2.19. The number of rotatable bonds is 3. The molecular weight excluding hydrogens is 254 g/mol. The topological polar surface area (TPSA) is 18.5 Å². The minimum atomic E-state index is 0.909. The first-order chi connectivity index (χ1) is 9.22. The molecule has 1 heterocycles. The third-order valence-electron chi connectivity index (χ3n) is 3.55. The highest BCUT2D eigenvalue weighted by Crippen LogP contribution is 2.20. The molecule has 1 fully saturated rings. The highest BCUT2D eigenvalue weighted by atomic mass is 32.1. The molecule has 1 aromatic carbocycles. The van der Waals surface area contributed by atoms with Gasteiger partial charge in [-0.2, -0.15) is 0 Å². The summed E-state index contributed by atoms with van der Waals surface area (Å²) in [6, 6.07) is 8.59. The molecule has 0 atom stereocenters. The number of aryl methyl sites for hydroxylation is 1. The Balaban J connectivity index is 1.89. The van der Waals surface area contributed by atoms with Gasteiger partial charge in [-0.05, 0) is 37.2 Å². The van der Waals surface area contributed by atoms with Gasteiger partial charge in [0, 0.05) is 38.4 Å². The number of thiocarbonyl (C=S) groups is 1. The van der Waals surface area contributed by atoms with Gasteiger partial charge in [0.1, 0.15) is 0 Å². The fourth-order valence-corrected chi connectivity index (χ4v) is 2.70. The number of hydrogen-bond donors (Lipinski definition) is 1. The van der Waals surface area contributed by atoms with E-state index in [1.165, 1.54) is 11.3 Å². The van der Waals surface area contributed by atoms with Gasteiger partial charge in [0.05, 0.1) is 0 Å². The summed E-state index contributed by atoms with van der Waals surface area (Å²) in [5.74, 6) is 0. The maximum atomic E-state index is 5.42. The SMILES string of the molecule is CCCNC(=S)N1CCN(c2ccccc2C)CC1. The van der Waals surface area contributed by atoms with E-state index < -0.39 is 0 Å². The van der Waals surface area contributed by atoms with Crippen molar-refractivity contribution in [3.05, 3.63) is 29.8 Å². The summed E-state index contributed by atoms with van der Waals surface area (Å²) >= 11 is 5.42. The quantitative estimate of drug-likeness (QED) is 0.855. The summed E-state index contributed by atoms with van der Waals surface area (Å²) in [5.41, 5.74) is 2.71. The summed E-state index contributed by atoms with van der Waals surface area (Å²) in [6.07, 6.45) is 1.11. The van der Waals surface area contributed by atoms with E-state index >= 15 is 0 Å². The minimum absolute atomic E-state index is 0.909. The van der Waals surface area contributed by atoms with Gasteiger partial charge in [-0.15, -0.1) is 0 Å². The lowest BCUT2D eigenvalue weighted by molar-refractivity contribution is 0.380. The van der Waals surface area contributed by atoms with Crippen LogP contribution in [0.25, 0.3) is 0 Å². The standard InChI is InChI=1S/C15H23N3S/c1-3-8-16-15(19)18-11-9-17(10-12-18)14-7-5-4-6-13(14)2/h4-7H,3,8-12H2,1-2H3,(H,16,19). The number of para-hydroxylation sites is 1. The molecule has 0 aliphatic carbocycles. The van der Waals surface area contributed by atoms with Crippen molar-refractivity contribution in [2.24, 2.45) is 0 Å². The van der Waals surface area contributed by atoms with E-state index in [0.29, 0.717) is 0 Å². The first-order valence-electron chi connectivity index (χ1n) is 7.05. The zero-order valence-corrected chi connectivity index (χ0v) is 12.7. The third kappa shape index (κ3) is 3.60. The number of benzene rings is 1. The molecule has 4 heteroatoms. The molecule has 1 saturated heterocycles. The molecule has 3 nitrogen and oxygen atoms in total. The second kappa shape index (κ2) is 6.75. The molecule has 2 rings (SSSR count). The number of nitrogens with one attached hydrogen (secondary N) is 1. The lowest BCUT2D eigenvalue weighted by Gasteiger charge is -2.38. The smallest absolute Gasteiger partial charge is 0.169 e. The van der Waals surface area contributed by atoms with Crippen LogP contribution in [0.5, 0.6) is 0 Å². The van der Waals surface area contributed by atoms with Crippen molar-refractivity contribution < 1.29 is 0 Å². The molecule has 0 amide bonds. The first kappa shape index (κ1) is 14.1. The molecular formula is C15H23N3S. The van der Waals surface area contributed by atoms with E-state index in [4.69, 9.17) is 12.2 Å². The maximum Gasteiger partial charge on any atom is 0.169 e. The molecule has 1 aliphatic heterocycles. The van der Waals surface area contributed by atoms with Gasteiger partial charge in [-0.25, -0.2) is 0 Å². The Hall–Kier alpha value is -1.29. The normalized spacial score (nSPS) is 15.5. The van der Waals surface area contributed by atoms with Crippen molar-refractivity contribution in [1.29, 1.82) is 0 Å². The molecule has 0 bridgehead atoms. The number of hydrogen-bond acceptors (Lipinski definition) is 2. The molecule has 0 spiro atoms. The second-order valence-electron chi connectivity index (χ2n) is 4.99. The molecule has 1 N–H and O–H groups in total. The lowest BCUT2D eigenvalue weighted by Crippen LogP contribution is -2.52. The van der Waals surface area contributed by atoms with E-state index in [2.05, 4.69) is 53.2 Å². The Morgan fingerprint density at radius 2 is 1.89 bits per heavy atom. The molecule has 1 aromatic rings. The van der Waals surface area contributed by atoms with E-state index in [1.807, 2.05) is 0 Å². The predicted molar refractivity (Wildman–Crippen MR) is 85.9 cm³/mol. The second-order valence-corrected chi connectivity index (χ2v) is 5.38. The van der Waals surface area contributed by atoms with Gasteiger partial charge in [0.2, 0.25) is 0 Å². The minimum Gasteiger partial charge on any atom is -0.368 e. The van der Waals surface area contributed by atoms with Crippen molar-refractivity contribution in [1.82, 2.24) is 10.2 Å². The van der Waals surface area contributed by atoms with Crippen molar-refractivity contribution in [3.63, 3.8) is 0 Å². The van der Waals surface area contributed by atoms with Crippen LogP contribution in [0.15, 0.2) is 24.3 Å². The Morgan fingerprint density at radius 1 is 1.21 bits per heavy atom. The molecule has 0 saturated carbocycles. The number of anilines is 1.